The highest BCUT2D eigenvalue weighted by atomic mass is 32.2. The number of hydrogen-bond donors (Lipinski definition) is 1. The third-order valence-electron chi connectivity index (χ3n) is 3.63. The molecular formula is C13H20N2O4S2. The van der Waals surface area contributed by atoms with Crippen LogP contribution in [0.1, 0.15) is 20.3 Å². The zero-order valence-electron chi connectivity index (χ0n) is 12.1. The number of primary sulfonamides is 1. The molecule has 0 bridgehead atoms. The van der Waals surface area contributed by atoms with Crippen molar-refractivity contribution in [1.29, 1.82) is 0 Å². The highest BCUT2D eigenvalue weighted by Gasteiger charge is 2.31. The average Bonchev–Trinajstić information content (AvgIpc) is 2.36. The van der Waals surface area contributed by atoms with E-state index in [0.717, 1.165) is 6.42 Å². The van der Waals surface area contributed by atoms with Gasteiger partial charge in [0.25, 0.3) is 0 Å². The summed E-state index contributed by atoms with van der Waals surface area (Å²) in [5, 5.41) is 5.01. The Morgan fingerprint density at radius 1 is 0.952 bits per heavy atom. The molecule has 0 unspecified atom stereocenters. The SMILES string of the molecule is C[C@H]1C[C@H](C)CN(S(=O)(=O)c2ccc(S(N)(=O)=O)cc2)C1. The molecule has 0 aromatic heterocycles. The van der Waals surface area contributed by atoms with E-state index in [2.05, 4.69) is 0 Å². The molecule has 118 valence electrons. The van der Waals surface area contributed by atoms with Gasteiger partial charge in [0.2, 0.25) is 20.0 Å². The quantitative estimate of drug-likeness (QED) is 0.893. The molecule has 2 N–H and O–H groups in total. The average molecular weight is 332 g/mol. The molecule has 0 saturated carbocycles. The summed E-state index contributed by atoms with van der Waals surface area (Å²) in [6.07, 6.45) is 1.01. The lowest BCUT2D eigenvalue weighted by Crippen LogP contribution is -2.42. The first-order chi connectivity index (χ1) is 9.60. The number of rotatable bonds is 3. The summed E-state index contributed by atoms with van der Waals surface area (Å²) >= 11 is 0. The van der Waals surface area contributed by atoms with Gasteiger partial charge >= 0.3 is 0 Å². The molecule has 1 heterocycles. The molecule has 2 rings (SSSR count). The monoisotopic (exact) mass is 332 g/mol. The van der Waals surface area contributed by atoms with Gasteiger partial charge in [0.15, 0.2) is 0 Å². The van der Waals surface area contributed by atoms with Gasteiger partial charge in [0.05, 0.1) is 9.79 Å². The first-order valence-electron chi connectivity index (χ1n) is 6.73. The minimum Gasteiger partial charge on any atom is -0.225 e. The Morgan fingerprint density at radius 3 is 1.81 bits per heavy atom. The van der Waals surface area contributed by atoms with Gasteiger partial charge in [-0.3, -0.25) is 0 Å². The van der Waals surface area contributed by atoms with Gasteiger partial charge in [-0.15, -0.1) is 0 Å². The van der Waals surface area contributed by atoms with Crippen LogP contribution in [0.5, 0.6) is 0 Å². The molecule has 1 aliphatic heterocycles. The molecular weight excluding hydrogens is 312 g/mol. The molecule has 0 aliphatic carbocycles. The molecule has 0 amide bonds. The van der Waals surface area contributed by atoms with Crippen molar-refractivity contribution in [2.45, 2.75) is 30.1 Å². The van der Waals surface area contributed by atoms with E-state index in [0.29, 0.717) is 24.9 Å². The van der Waals surface area contributed by atoms with E-state index in [9.17, 15) is 16.8 Å². The lowest BCUT2D eigenvalue weighted by Gasteiger charge is -2.34. The minimum absolute atomic E-state index is 0.0937. The van der Waals surface area contributed by atoms with Gasteiger partial charge in [-0.2, -0.15) is 4.31 Å². The lowest BCUT2D eigenvalue weighted by molar-refractivity contribution is 0.222. The third-order valence-corrected chi connectivity index (χ3v) is 6.40. The Kier molecular flexibility index (Phi) is 4.44. The van der Waals surface area contributed by atoms with Crippen molar-refractivity contribution < 1.29 is 16.8 Å². The van der Waals surface area contributed by atoms with Crippen molar-refractivity contribution in [1.82, 2.24) is 4.31 Å². The predicted octanol–water partition coefficient (Wildman–Crippen LogP) is 1.00. The number of hydrogen-bond acceptors (Lipinski definition) is 4. The summed E-state index contributed by atoms with van der Waals surface area (Å²) in [5.74, 6) is 0.624. The predicted molar refractivity (Wildman–Crippen MR) is 79.5 cm³/mol. The van der Waals surface area contributed by atoms with Gasteiger partial charge < -0.3 is 0 Å². The molecule has 21 heavy (non-hydrogen) atoms. The van der Waals surface area contributed by atoms with Crippen LogP contribution in [0, 0.1) is 11.8 Å². The van der Waals surface area contributed by atoms with Crippen LogP contribution in [0.4, 0.5) is 0 Å². The molecule has 0 spiro atoms. The fourth-order valence-electron chi connectivity index (χ4n) is 2.75. The number of piperidine rings is 1. The Hall–Kier alpha value is -0.960. The number of nitrogens with zero attached hydrogens (tertiary/aromatic N) is 1. The standard InChI is InChI=1S/C13H20N2O4S2/c1-10-7-11(2)9-15(8-10)21(18,19)13-5-3-12(4-6-13)20(14,16)17/h3-6,10-11H,7-9H2,1-2H3,(H2,14,16,17)/t10-,11-/m0/s1. The van der Waals surface area contributed by atoms with E-state index in [1.807, 2.05) is 13.8 Å². The van der Waals surface area contributed by atoms with Crippen molar-refractivity contribution in [3.63, 3.8) is 0 Å². The van der Waals surface area contributed by atoms with E-state index in [-0.39, 0.29) is 9.79 Å². The number of sulfonamides is 2. The van der Waals surface area contributed by atoms with Crippen molar-refractivity contribution in [3.05, 3.63) is 24.3 Å². The lowest BCUT2D eigenvalue weighted by atomic mass is 9.94. The van der Waals surface area contributed by atoms with Crippen LogP contribution in [-0.2, 0) is 20.0 Å². The van der Waals surface area contributed by atoms with E-state index in [1.165, 1.54) is 28.6 Å². The zero-order valence-corrected chi connectivity index (χ0v) is 13.7. The Labute approximate surface area is 126 Å². The second-order valence-electron chi connectivity index (χ2n) is 5.78. The molecule has 1 saturated heterocycles. The van der Waals surface area contributed by atoms with Gasteiger partial charge in [-0.05, 0) is 42.5 Å². The highest BCUT2D eigenvalue weighted by molar-refractivity contribution is 7.89. The summed E-state index contributed by atoms with van der Waals surface area (Å²) in [4.78, 5) is -0.00182. The van der Waals surface area contributed by atoms with E-state index < -0.39 is 20.0 Å². The zero-order chi connectivity index (χ0) is 15.8. The number of nitrogens with two attached hydrogens (primary N) is 1. The third kappa shape index (κ3) is 3.63. The van der Waals surface area contributed by atoms with Crippen LogP contribution < -0.4 is 5.14 Å². The molecule has 0 radical (unpaired) electrons. The van der Waals surface area contributed by atoms with Crippen LogP contribution in [0.3, 0.4) is 0 Å². The van der Waals surface area contributed by atoms with E-state index in [1.54, 1.807) is 0 Å². The van der Waals surface area contributed by atoms with Crippen molar-refractivity contribution in [2.75, 3.05) is 13.1 Å². The summed E-state index contributed by atoms with van der Waals surface area (Å²) < 4.78 is 49.0. The summed E-state index contributed by atoms with van der Waals surface area (Å²) in [6, 6.07) is 5.02. The Balaban J connectivity index is 2.31. The first-order valence-corrected chi connectivity index (χ1v) is 9.72. The Bertz CT molecular complexity index is 701. The van der Waals surface area contributed by atoms with Crippen LogP contribution in [-0.4, -0.2) is 34.2 Å². The van der Waals surface area contributed by atoms with Crippen LogP contribution in [0.2, 0.25) is 0 Å². The fourth-order valence-corrected chi connectivity index (χ4v) is 4.95. The molecule has 6 nitrogen and oxygen atoms in total. The molecule has 2 atom stereocenters. The first kappa shape index (κ1) is 16.4. The molecule has 1 aromatic carbocycles. The Morgan fingerprint density at radius 2 is 1.38 bits per heavy atom. The fraction of sp³-hybridized carbons (Fsp3) is 0.538. The van der Waals surface area contributed by atoms with Gasteiger partial charge in [-0.25, -0.2) is 22.0 Å². The second-order valence-corrected chi connectivity index (χ2v) is 9.28. The molecule has 1 aromatic rings. The van der Waals surface area contributed by atoms with Crippen LogP contribution in [0.25, 0.3) is 0 Å². The maximum absolute atomic E-state index is 12.6. The topological polar surface area (TPSA) is 97.5 Å². The van der Waals surface area contributed by atoms with Crippen LogP contribution >= 0.6 is 0 Å². The normalized spacial score (nSPS) is 24.9. The molecule has 1 fully saturated rings. The molecule has 8 heteroatoms. The largest absolute Gasteiger partial charge is 0.243 e. The van der Waals surface area contributed by atoms with Crippen molar-refractivity contribution in [3.8, 4) is 0 Å². The van der Waals surface area contributed by atoms with Gasteiger partial charge in [0, 0.05) is 13.1 Å². The van der Waals surface area contributed by atoms with Crippen LogP contribution in [0.15, 0.2) is 34.1 Å². The van der Waals surface area contributed by atoms with Crippen molar-refractivity contribution >= 4 is 20.0 Å². The smallest absolute Gasteiger partial charge is 0.225 e. The highest BCUT2D eigenvalue weighted by Crippen LogP contribution is 2.27. The van der Waals surface area contributed by atoms with Crippen molar-refractivity contribution in [2.24, 2.45) is 17.0 Å². The summed E-state index contributed by atoms with van der Waals surface area (Å²) in [7, 11) is -7.41. The summed E-state index contributed by atoms with van der Waals surface area (Å²) in [6.45, 7) is 5.04. The maximum Gasteiger partial charge on any atom is 0.243 e. The van der Waals surface area contributed by atoms with Gasteiger partial charge in [-0.1, -0.05) is 13.8 Å². The minimum atomic E-state index is -3.82. The number of benzene rings is 1. The maximum atomic E-state index is 12.6. The second kappa shape index (κ2) is 5.68. The van der Waals surface area contributed by atoms with Gasteiger partial charge in [0.1, 0.15) is 0 Å². The van der Waals surface area contributed by atoms with E-state index in [4.69, 9.17) is 5.14 Å². The summed E-state index contributed by atoms with van der Waals surface area (Å²) in [5.41, 5.74) is 0. The molecule has 1 aliphatic rings. The van der Waals surface area contributed by atoms with E-state index >= 15 is 0 Å².